The van der Waals surface area contributed by atoms with Crippen LogP contribution in [0.4, 0.5) is 5.69 Å². The first-order valence-corrected chi connectivity index (χ1v) is 8.37. The van der Waals surface area contributed by atoms with Crippen LogP contribution < -0.4 is 10.1 Å². The largest absolute Gasteiger partial charge is 0.495 e. The van der Waals surface area contributed by atoms with Crippen molar-refractivity contribution in [2.24, 2.45) is 11.8 Å². The highest BCUT2D eigenvalue weighted by molar-refractivity contribution is 6.32. The quantitative estimate of drug-likeness (QED) is 0.846. The lowest BCUT2D eigenvalue weighted by Crippen LogP contribution is -2.38. The minimum absolute atomic E-state index is 0.215. The molecule has 1 saturated carbocycles. The smallest absolute Gasteiger partial charge is 0.244 e. The Bertz CT molecular complexity index is 667. The lowest BCUT2D eigenvalue weighted by atomic mass is 9.81. The number of nitrogens with one attached hydrogen (secondary N) is 1. The zero-order chi connectivity index (χ0) is 17.3. The number of ether oxygens (including phenoxy) is 1. The predicted molar refractivity (Wildman–Crippen MR) is 88.8 cm³/mol. The Kier molecular flexibility index (Phi) is 4.76. The van der Waals surface area contributed by atoms with Gasteiger partial charge in [-0.1, -0.05) is 24.4 Å². The summed E-state index contributed by atoms with van der Waals surface area (Å²) in [5, 5.41) is 3.03. The maximum Gasteiger partial charge on any atom is 0.244 e. The standard InChI is InChI=1S/C17H19ClN2O4/c1-24-14-7-6-10(8-13(14)18)19-15(21)9-20-16(22)11-4-2-3-5-12(11)17(20)23/h6-8,11-12H,2-5,9H2,1H3,(H,19,21). The summed E-state index contributed by atoms with van der Waals surface area (Å²) in [5.74, 6) is -0.829. The fourth-order valence-corrected chi connectivity index (χ4v) is 3.73. The number of benzene rings is 1. The number of fused-ring (bicyclic) bond motifs is 1. The monoisotopic (exact) mass is 350 g/mol. The van der Waals surface area contributed by atoms with Crippen LogP contribution in [0.2, 0.25) is 5.02 Å². The number of hydrogen-bond acceptors (Lipinski definition) is 4. The molecule has 0 aromatic heterocycles. The number of likely N-dealkylation sites (tertiary alicyclic amines) is 1. The molecule has 3 amide bonds. The number of nitrogens with zero attached hydrogens (tertiary/aromatic N) is 1. The summed E-state index contributed by atoms with van der Waals surface area (Å²) in [6, 6.07) is 4.85. The minimum Gasteiger partial charge on any atom is -0.495 e. The molecular weight excluding hydrogens is 332 g/mol. The summed E-state index contributed by atoms with van der Waals surface area (Å²) in [6.45, 7) is -0.256. The topological polar surface area (TPSA) is 75.7 Å². The molecule has 1 N–H and O–H groups in total. The molecule has 128 valence electrons. The van der Waals surface area contributed by atoms with E-state index in [1.54, 1.807) is 18.2 Å². The minimum atomic E-state index is -0.420. The second kappa shape index (κ2) is 6.81. The average Bonchev–Trinajstić information content (AvgIpc) is 2.80. The molecule has 2 aliphatic rings. The number of carbonyl (C=O) groups is 3. The summed E-state index contributed by atoms with van der Waals surface area (Å²) in [7, 11) is 1.50. The fourth-order valence-electron chi connectivity index (χ4n) is 3.48. The Hall–Kier alpha value is -2.08. The first-order valence-electron chi connectivity index (χ1n) is 8.00. The molecular formula is C17H19ClN2O4. The molecule has 7 heteroatoms. The number of imide groups is 1. The van der Waals surface area contributed by atoms with Gasteiger partial charge in [0.15, 0.2) is 0 Å². The van der Waals surface area contributed by atoms with Gasteiger partial charge in [0.2, 0.25) is 17.7 Å². The van der Waals surface area contributed by atoms with Crippen LogP contribution in [0.5, 0.6) is 5.75 Å². The van der Waals surface area contributed by atoms with Gasteiger partial charge in [-0.15, -0.1) is 0 Å². The van der Waals surface area contributed by atoms with Gasteiger partial charge >= 0.3 is 0 Å². The highest BCUT2D eigenvalue weighted by atomic mass is 35.5. The molecule has 1 heterocycles. The highest BCUT2D eigenvalue weighted by Crippen LogP contribution is 2.37. The Labute approximate surface area is 145 Å². The molecule has 2 atom stereocenters. The predicted octanol–water partition coefficient (Wildman–Crippen LogP) is 2.46. The van der Waals surface area contributed by atoms with E-state index >= 15 is 0 Å². The van der Waals surface area contributed by atoms with E-state index in [-0.39, 0.29) is 30.2 Å². The molecule has 0 spiro atoms. The van der Waals surface area contributed by atoms with E-state index in [0.717, 1.165) is 30.6 Å². The van der Waals surface area contributed by atoms with Crippen molar-refractivity contribution in [2.45, 2.75) is 25.7 Å². The zero-order valence-electron chi connectivity index (χ0n) is 13.4. The number of amides is 3. The molecule has 1 aliphatic carbocycles. The van der Waals surface area contributed by atoms with Crippen molar-refractivity contribution in [3.05, 3.63) is 23.2 Å². The molecule has 1 aromatic carbocycles. The Morgan fingerprint density at radius 2 is 1.88 bits per heavy atom. The molecule has 2 unspecified atom stereocenters. The highest BCUT2D eigenvalue weighted by Gasteiger charge is 2.48. The van der Waals surface area contributed by atoms with Crippen molar-refractivity contribution in [3.8, 4) is 5.75 Å². The van der Waals surface area contributed by atoms with E-state index in [1.165, 1.54) is 7.11 Å². The molecule has 0 radical (unpaired) electrons. The second-order valence-corrected chi connectivity index (χ2v) is 6.56. The lowest BCUT2D eigenvalue weighted by molar-refractivity contribution is -0.142. The van der Waals surface area contributed by atoms with E-state index in [0.29, 0.717) is 16.5 Å². The van der Waals surface area contributed by atoms with E-state index < -0.39 is 5.91 Å². The van der Waals surface area contributed by atoms with Crippen LogP contribution >= 0.6 is 11.6 Å². The van der Waals surface area contributed by atoms with Crippen LogP contribution in [-0.2, 0) is 14.4 Å². The molecule has 1 aromatic rings. The third-order valence-corrected chi connectivity index (χ3v) is 4.97. The molecule has 1 saturated heterocycles. The lowest BCUT2D eigenvalue weighted by Gasteiger charge is -2.19. The number of carbonyl (C=O) groups excluding carboxylic acids is 3. The average molecular weight is 351 g/mol. The molecule has 24 heavy (non-hydrogen) atoms. The summed E-state index contributed by atoms with van der Waals surface area (Å²) in [4.78, 5) is 38.0. The van der Waals surface area contributed by atoms with Crippen LogP contribution in [-0.4, -0.2) is 36.3 Å². The van der Waals surface area contributed by atoms with Crippen LogP contribution in [0.15, 0.2) is 18.2 Å². The van der Waals surface area contributed by atoms with Gasteiger partial charge in [-0.25, -0.2) is 0 Å². The third-order valence-electron chi connectivity index (χ3n) is 4.67. The van der Waals surface area contributed by atoms with Gasteiger partial charge in [-0.2, -0.15) is 0 Å². The summed E-state index contributed by atoms with van der Waals surface area (Å²) in [5.41, 5.74) is 0.488. The first kappa shape index (κ1) is 16.8. The summed E-state index contributed by atoms with van der Waals surface area (Å²) in [6.07, 6.45) is 3.40. The van der Waals surface area contributed by atoms with E-state index in [2.05, 4.69) is 5.32 Å². The Morgan fingerprint density at radius 3 is 2.42 bits per heavy atom. The SMILES string of the molecule is COc1ccc(NC(=O)CN2C(=O)C3CCCCC3C2=O)cc1Cl. The summed E-state index contributed by atoms with van der Waals surface area (Å²) >= 11 is 6.02. The Balaban J connectivity index is 1.65. The maximum absolute atomic E-state index is 12.4. The van der Waals surface area contributed by atoms with Crippen molar-refractivity contribution in [1.82, 2.24) is 4.90 Å². The molecule has 1 aliphatic heterocycles. The summed E-state index contributed by atoms with van der Waals surface area (Å²) < 4.78 is 5.05. The van der Waals surface area contributed by atoms with E-state index in [4.69, 9.17) is 16.3 Å². The number of anilines is 1. The third kappa shape index (κ3) is 3.11. The molecule has 2 fully saturated rings. The van der Waals surface area contributed by atoms with Crippen molar-refractivity contribution in [2.75, 3.05) is 19.0 Å². The van der Waals surface area contributed by atoms with Gasteiger partial charge in [-0.05, 0) is 31.0 Å². The Morgan fingerprint density at radius 1 is 1.25 bits per heavy atom. The fraction of sp³-hybridized carbons (Fsp3) is 0.471. The first-order chi connectivity index (χ1) is 11.5. The second-order valence-electron chi connectivity index (χ2n) is 6.16. The van der Waals surface area contributed by atoms with Crippen LogP contribution in [0, 0.1) is 11.8 Å². The number of rotatable bonds is 4. The van der Waals surface area contributed by atoms with Gasteiger partial charge < -0.3 is 10.1 Å². The van der Waals surface area contributed by atoms with E-state index in [1.807, 2.05) is 0 Å². The van der Waals surface area contributed by atoms with Crippen LogP contribution in [0.1, 0.15) is 25.7 Å². The van der Waals surface area contributed by atoms with Gasteiger partial charge in [0.1, 0.15) is 12.3 Å². The van der Waals surface area contributed by atoms with Crippen LogP contribution in [0.25, 0.3) is 0 Å². The van der Waals surface area contributed by atoms with E-state index in [9.17, 15) is 14.4 Å². The van der Waals surface area contributed by atoms with Crippen LogP contribution in [0.3, 0.4) is 0 Å². The molecule has 3 rings (SSSR count). The van der Waals surface area contributed by atoms with Crippen molar-refractivity contribution in [1.29, 1.82) is 0 Å². The zero-order valence-corrected chi connectivity index (χ0v) is 14.1. The van der Waals surface area contributed by atoms with Crippen molar-refractivity contribution < 1.29 is 19.1 Å². The van der Waals surface area contributed by atoms with Gasteiger partial charge in [0, 0.05) is 5.69 Å². The maximum atomic E-state index is 12.4. The van der Waals surface area contributed by atoms with Crippen molar-refractivity contribution in [3.63, 3.8) is 0 Å². The number of methoxy groups -OCH3 is 1. The molecule has 6 nitrogen and oxygen atoms in total. The van der Waals surface area contributed by atoms with Gasteiger partial charge in [0.25, 0.3) is 0 Å². The number of halogens is 1. The van der Waals surface area contributed by atoms with Gasteiger partial charge in [-0.3, -0.25) is 19.3 Å². The molecule has 0 bridgehead atoms. The number of hydrogen-bond donors (Lipinski definition) is 1. The van der Waals surface area contributed by atoms with Gasteiger partial charge in [0.05, 0.1) is 24.0 Å². The van der Waals surface area contributed by atoms with Crippen molar-refractivity contribution >= 4 is 35.0 Å². The normalized spacial score (nSPS) is 23.2.